The van der Waals surface area contributed by atoms with Crippen molar-refractivity contribution in [3.05, 3.63) is 65.4 Å². The van der Waals surface area contributed by atoms with E-state index >= 15 is 0 Å². The summed E-state index contributed by atoms with van der Waals surface area (Å²) in [5.41, 5.74) is 4.54. The zero-order valence-electron chi connectivity index (χ0n) is 13.4. The van der Waals surface area contributed by atoms with Gasteiger partial charge in [0.25, 0.3) is 0 Å². The minimum absolute atomic E-state index is 0.706. The van der Waals surface area contributed by atoms with Gasteiger partial charge in [0.1, 0.15) is 11.4 Å². The molecule has 0 aliphatic carbocycles. The maximum absolute atomic E-state index is 6.24. The quantitative estimate of drug-likeness (QED) is 0.519. The van der Waals surface area contributed by atoms with Crippen molar-refractivity contribution in [3.8, 4) is 22.9 Å². The first-order chi connectivity index (χ1) is 11.7. The van der Waals surface area contributed by atoms with Crippen molar-refractivity contribution in [2.75, 3.05) is 0 Å². The molecule has 4 aromatic heterocycles. The fourth-order valence-electron chi connectivity index (χ4n) is 2.49. The lowest BCUT2D eigenvalue weighted by Gasteiger charge is -2.13. The average molecular weight is 333 g/mol. The average Bonchev–Trinajstić information content (AvgIpc) is 3.08. The Morgan fingerprint density at radius 3 is 2.71 bits per heavy atom. The van der Waals surface area contributed by atoms with Crippen molar-refractivity contribution in [3.63, 3.8) is 0 Å². The molecule has 0 radical (unpaired) electrons. The van der Waals surface area contributed by atoms with Crippen LogP contribution in [-0.4, -0.2) is 15.0 Å². The molecule has 5 heteroatoms. The zero-order valence-corrected chi connectivity index (χ0v) is 14.2. The molecule has 0 aliphatic heterocycles. The Labute approximate surface area is 143 Å². The van der Waals surface area contributed by atoms with Crippen LogP contribution in [0.4, 0.5) is 0 Å². The molecule has 0 bridgehead atoms. The summed E-state index contributed by atoms with van der Waals surface area (Å²) in [5.74, 6) is 1.50. The third-order valence-corrected chi connectivity index (χ3v) is 4.78. The molecule has 0 spiro atoms. The lowest BCUT2D eigenvalue weighted by atomic mass is 10.1. The molecule has 4 aromatic rings. The Morgan fingerprint density at radius 1 is 0.958 bits per heavy atom. The van der Waals surface area contributed by atoms with Crippen LogP contribution in [-0.2, 0) is 0 Å². The third kappa shape index (κ3) is 2.63. The van der Waals surface area contributed by atoms with Crippen LogP contribution in [0.2, 0.25) is 0 Å². The molecule has 0 N–H and O–H groups in total. The largest absolute Gasteiger partial charge is 0.453 e. The molecule has 0 fully saturated rings. The van der Waals surface area contributed by atoms with Crippen LogP contribution >= 0.6 is 11.3 Å². The van der Waals surface area contributed by atoms with E-state index in [1.165, 1.54) is 0 Å². The zero-order chi connectivity index (χ0) is 16.5. The minimum Gasteiger partial charge on any atom is -0.453 e. The van der Waals surface area contributed by atoms with E-state index in [9.17, 15) is 0 Å². The van der Waals surface area contributed by atoms with E-state index in [4.69, 9.17) is 9.72 Å². The smallest absolute Gasteiger partial charge is 0.155 e. The number of ether oxygens (including phenoxy) is 1. The second kappa shape index (κ2) is 6.02. The normalized spacial score (nSPS) is 10.9. The summed E-state index contributed by atoms with van der Waals surface area (Å²) >= 11 is 1.62. The van der Waals surface area contributed by atoms with Crippen molar-refractivity contribution in [1.29, 1.82) is 0 Å². The molecule has 24 heavy (non-hydrogen) atoms. The topological polar surface area (TPSA) is 47.9 Å². The fraction of sp³-hybridized carbons (Fsp3) is 0.105. The van der Waals surface area contributed by atoms with Gasteiger partial charge in [-0.05, 0) is 49.1 Å². The van der Waals surface area contributed by atoms with E-state index in [0.717, 1.165) is 38.6 Å². The molecule has 0 aromatic carbocycles. The Hall–Kier alpha value is -2.79. The number of hydrogen-bond donors (Lipinski definition) is 0. The Bertz CT molecular complexity index is 1010. The van der Waals surface area contributed by atoms with Crippen LogP contribution in [0.15, 0.2) is 54.2 Å². The van der Waals surface area contributed by atoms with Crippen LogP contribution in [0.3, 0.4) is 0 Å². The van der Waals surface area contributed by atoms with Crippen molar-refractivity contribution in [2.24, 2.45) is 0 Å². The number of hydrogen-bond acceptors (Lipinski definition) is 5. The molecular weight excluding hydrogens is 318 g/mol. The highest BCUT2D eigenvalue weighted by Crippen LogP contribution is 2.36. The summed E-state index contributed by atoms with van der Waals surface area (Å²) < 4.78 is 7.27. The highest BCUT2D eigenvalue weighted by atomic mass is 32.1. The molecule has 0 atom stereocenters. The van der Waals surface area contributed by atoms with Gasteiger partial charge >= 0.3 is 0 Å². The number of fused-ring (bicyclic) bond motifs is 1. The first kappa shape index (κ1) is 14.8. The van der Waals surface area contributed by atoms with Crippen LogP contribution in [0.1, 0.15) is 11.3 Å². The lowest BCUT2D eigenvalue weighted by molar-refractivity contribution is 0.487. The first-order valence-corrected chi connectivity index (χ1v) is 8.50. The van der Waals surface area contributed by atoms with Gasteiger partial charge in [0, 0.05) is 24.2 Å². The Balaban J connectivity index is 1.86. The summed E-state index contributed by atoms with van der Waals surface area (Å²) in [5, 5.41) is 2.02. The van der Waals surface area contributed by atoms with Crippen molar-refractivity contribution < 1.29 is 4.74 Å². The molecule has 4 heterocycles. The molecule has 4 nitrogen and oxygen atoms in total. The second-order valence-electron chi connectivity index (χ2n) is 5.50. The highest BCUT2D eigenvalue weighted by molar-refractivity contribution is 7.17. The van der Waals surface area contributed by atoms with Crippen molar-refractivity contribution >= 4 is 21.6 Å². The maximum Gasteiger partial charge on any atom is 0.155 e. The SMILES string of the molecule is Cc1cc(Oc2ccnc3ccsc23)c(-c2ccccn2)nc1C. The van der Waals surface area contributed by atoms with Gasteiger partial charge in [-0.3, -0.25) is 9.97 Å². The third-order valence-electron chi connectivity index (χ3n) is 3.87. The maximum atomic E-state index is 6.24. The van der Waals surface area contributed by atoms with E-state index in [0.29, 0.717) is 5.75 Å². The van der Waals surface area contributed by atoms with E-state index in [1.807, 2.05) is 55.6 Å². The Kier molecular flexibility index (Phi) is 3.70. The number of aromatic nitrogens is 3. The molecular formula is C19H15N3OS. The molecule has 0 unspecified atom stereocenters. The molecule has 4 rings (SSSR count). The van der Waals surface area contributed by atoms with Crippen molar-refractivity contribution in [2.45, 2.75) is 13.8 Å². The summed E-state index contributed by atoms with van der Waals surface area (Å²) in [6, 6.07) is 11.7. The number of thiophene rings is 1. The number of rotatable bonds is 3. The van der Waals surface area contributed by atoms with E-state index in [1.54, 1.807) is 23.7 Å². The van der Waals surface area contributed by atoms with Gasteiger partial charge in [-0.15, -0.1) is 11.3 Å². The number of aryl methyl sites for hydroxylation is 2. The molecule has 0 amide bonds. The number of pyridine rings is 3. The highest BCUT2D eigenvalue weighted by Gasteiger charge is 2.14. The standard InChI is InChI=1S/C19H15N3OS/c1-12-11-17(18(22-13(12)2)14-5-3-4-8-20-14)23-16-6-9-21-15-7-10-24-19(15)16/h3-11H,1-2H3. The molecule has 0 saturated carbocycles. The van der Waals surface area contributed by atoms with Gasteiger partial charge in [0.05, 0.1) is 15.9 Å². The summed E-state index contributed by atoms with van der Waals surface area (Å²) in [7, 11) is 0. The van der Waals surface area contributed by atoms with Gasteiger partial charge in [-0.2, -0.15) is 0 Å². The first-order valence-electron chi connectivity index (χ1n) is 7.62. The van der Waals surface area contributed by atoms with E-state index in [2.05, 4.69) is 9.97 Å². The van der Waals surface area contributed by atoms with E-state index in [-0.39, 0.29) is 0 Å². The second-order valence-corrected chi connectivity index (χ2v) is 6.41. The van der Waals surface area contributed by atoms with Crippen LogP contribution in [0.25, 0.3) is 21.6 Å². The number of nitrogens with zero attached hydrogens (tertiary/aromatic N) is 3. The van der Waals surface area contributed by atoms with Gasteiger partial charge < -0.3 is 4.74 Å². The fourth-order valence-corrected chi connectivity index (χ4v) is 3.29. The van der Waals surface area contributed by atoms with Crippen molar-refractivity contribution in [1.82, 2.24) is 15.0 Å². The van der Waals surface area contributed by atoms with Gasteiger partial charge in [-0.1, -0.05) is 6.07 Å². The monoisotopic (exact) mass is 333 g/mol. The molecule has 0 saturated heterocycles. The Morgan fingerprint density at radius 2 is 1.88 bits per heavy atom. The van der Waals surface area contributed by atoms with Crippen LogP contribution in [0.5, 0.6) is 11.5 Å². The lowest BCUT2D eigenvalue weighted by Crippen LogP contribution is -1.97. The van der Waals surface area contributed by atoms with Gasteiger partial charge in [-0.25, -0.2) is 4.98 Å². The summed E-state index contributed by atoms with van der Waals surface area (Å²) in [4.78, 5) is 13.5. The van der Waals surface area contributed by atoms with E-state index < -0.39 is 0 Å². The summed E-state index contributed by atoms with van der Waals surface area (Å²) in [6.45, 7) is 4.03. The van der Waals surface area contributed by atoms with Crippen LogP contribution < -0.4 is 4.74 Å². The molecule has 118 valence electrons. The minimum atomic E-state index is 0.706. The van der Waals surface area contributed by atoms with Gasteiger partial charge in [0.15, 0.2) is 5.75 Å². The summed E-state index contributed by atoms with van der Waals surface area (Å²) in [6.07, 6.45) is 3.53. The predicted octanol–water partition coefficient (Wildman–Crippen LogP) is 5.16. The van der Waals surface area contributed by atoms with Gasteiger partial charge in [0.2, 0.25) is 0 Å². The predicted molar refractivity (Wildman–Crippen MR) is 96.6 cm³/mol. The van der Waals surface area contributed by atoms with Crippen LogP contribution in [0, 0.1) is 13.8 Å². The molecule has 0 aliphatic rings.